The van der Waals surface area contributed by atoms with Gasteiger partial charge in [0.15, 0.2) is 0 Å². The van der Waals surface area contributed by atoms with E-state index < -0.39 is 32.2 Å². The van der Waals surface area contributed by atoms with E-state index in [0.717, 1.165) is 10.4 Å². The molecule has 0 radical (unpaired) electrons. The fourth-order valence-electron chi connectivity index (χ4n) is 1.77. The summed E-state index contributed by atoms with van der Waals surface area (Å²) in [7, 11) is -2.66. The molecule has 0 bridgehead atoms. The average molecular weight is 324 g/mol. The van der Waals surface area contributed by atoms with Gasteiger partial charge in [0.2, 0.25) is 10.0 Å². The summed E-state index contributed by atoms with van der Waals surface area (Å²) in [6, 6.07) is 1.05. The highest BCUT2D eigenvalue weighted by Crippen LogP contribution is 2.25. The van der Waals surface area contributed by atoms with Gasteiger partial charge in [0, 0.05) is 24.9 Å². The van der Waals surface area contributed by atoms with Crippen molar-refractivity contribution in [2.24, 2.45) is 0 Å². The molecule has 0 heterocycles. The molecule has 1 unspecified atom stereocenters. The molecule has 1 aromatic rings. The number of hydrogen-bond donors (Lipinski definition) is 1. The molecule has 0 fully saturated rings. The lowest BCUT2D eigenvalue weighted by Crippen LogP contribution is -2.38. The maximum atomic E-state index is 13.7. The monoisotopic (exact) mass is 324 g/mol. The van der Waals surface area contributed by atoms with Crippen molar-refractivity contribution in [1.82, 2.24) is 4.31 Å². The van der Waals surface area contributed by atoms with E-state index in [9.17, 15) is 17.2 Å². The van der Waals surface area contributed by atoms with E-state index in [2.05, 4.69) is 0 Å². The number of sulfonamides is 1. The number of nitrogens with two attached hydrogens (primary N) is 1. The van der Waals surface area contributed by atoms with Gasteiger partial charge < -0.3 is 5.73 Å². The van der Waals surface area contributed by atoms with Crippen LogP contribution in [-0.2, 0) is 10.0 Å². The van der Waals surface area contributed by atoms with Gasteiger partial charge in [-0.3, -0.25) is 0 Å². The van der Waals surface area contributed by atoms with Crippen molar-refractivity contribution in [2.45, 2.75) is 24.3 Å². The molecular weight excluding hydrogens is 306 g/mol. The van der Waals surface area contributed by atoms with Crippen molar-refractivity contribution >= 4 is 27.5 Å². The molecule has 0 aliphatic heterocycles. The fourth-order valence-corrected chi connectivity index (χ4v) is 4.21. The zero-order valence-corrected chi connectivity index (χ0v) is 13.2. The van der Waals surface area contributed by atoms with Gasteiger partial charge in [0.25, 0.3) is 0 Å². The van der Waals surface area contributed by atoms with Crippen LogP contribution in [0.15, 0.2) is 17.0 Å². The van der Waals surface area contributed by atoms with Crippen LogP contribution in [0, 0.1) is 11.6 Å². The third-order valence-electron chi connectivity index (χ3n) is 3.05. The molecular formula is C12H18F2N2O2S2. The minimum atomic E-state index is -4.04. The van der Waals surface area contributed by atoms with Crippen molar-refractivity contribution in [3.8, 4) is 0 Å². The molecule has 0 saturated carbocycles. The van der Waals surface area contributed by atoms with Gasteiger partial charge in [-0.2, -0.15) is 16.1 Å². The van der Waals surface area contributed by atoms with Crippen LogP contribution >= 0.6 is 11.8 Å². The molecule has 20 heavy (non-hydrogen) atoms. The van der Waals surface area contributed by atoms with Crippen molar-refractivity contribution in [1.29, 1.82) is 0 Å². The summed E-state index contributed by atoms with van der Waals surface area (Å²) in [5.74, 6) is -1.52. The lowest BCUT2D eigenvalue weighted by molar-refractivity contribution is 0.382. The predicted molar refractivity (Wildman–Crippen MR) is 78.2 cm³/mol. The predicted octanol–water partition coefficient (Wildman–Crippen LogP) is 2.31. The SMILES string of the molecule is CCC(CSC)N(C)S(=O)(=O)c1cc(N)c(F)cc1F. The summed E-state index contributed by atoms with van der Waals surface area (Å²) in [6.07, 6.45) is 2.45. The highest BCUT2D eigenvalue weighted by molar-refractivity contribution is 7.98. The summed E-state index contributed by atoms with van der Waals surface area (Å²) in [6.45, 7) is 1.85. The van der Waals surface area contributed by atoms with Gasteiger partial charge in [0.05, 0.1) is 5.69 Å². The number of nitrogen functional groups attached to an aromatic ring is 1. The second-order valence-electron chi connectivity index (χ2n) is 4.34. The standard InChI is InChI=1S/C12H18F2N2O2S2/c1-4-8(7-19-3)16(2)20(17,18)12-6-11(15)9(13)5-10(12)14/h5-6,8H,4,7,15H2,1-3H3. The van der Waals surface area contributed by atoms with Crippen LogP contribution in [0.4, 0.5) is 14.5 Å². The number of hydrogen-bond acceptors (Lipinski definition) is 4. The van der Waals surface area contributed by atoms with Crippen molar-refractivity contribution < 1.29 is 17.2 Å². The largest absolute Gasteiger partial charge is 0.396 e. The summed E-state index contributed by atoms with van der Waals surface area (Å²) < 4.78 is 52.7. The van der Waals surface area contributed by atoms with E-state index in [1.807, 2.05) is 13.2 Å². The molecule has 0 aliphatic carbocycles. The van der Waals surface area contributed by atoms with Crippen LogP contribution in [0.25, 0.3) is 0 Å². The van der Waals surface area contributed by atoms with Crippen LogP contribution in [0.2, 0.25) is 0 Å². The zero-order chi connectivity index (χ0) is 15.5. The Hall–Kier alpha value is -0.860. The maximum absolute atomic E-state index is 13.7. The number of anilines is 1. The van der Waals surface area contributed by atoms with Gasteiger partial charge in [-0.25, -0.2) is 17.2 Å². The zero-order valence-electron chi connectivity index (χ0n) is 11.6. The Morgan fingerprint density at radius 3 is 2.45 bits per heavy atom. The third kappa shape index (κ3) is 3.42. The topological polar surface area (TPSA) is 63.4 Å². The Morgan fingerprint density at radius 1 is 1.35 bits per heavy atom. The molecule has 114 valence electrons. The highest BCUT2D eigenvalue weighted by Gasteiger charge is 2.30. The number of rotatable bonds is 6. The normalized spacial score (nSPS) is 13.7. The molecule has 0 spiro atoms. The van der Waals surface area contributed by atoms with E-state index in [1.165, 1.54) is 18.8 Å². The molecule has 0 amide bonds. The first-order valence-corrected chi connectivity index (χ1v) is 8.80. The number of halogens is 2. The van der Waals surface area contributed by atoms with Crippen LogP contribution < -0.4 is 5.73 Å². The van der Waals surface area contributed by atoms with E-state index in [4.69, 9.17) is 5.73 Å². The van der Waals surface area contributed by atoms with E-state index in [0.29, 0.717) is 18.2 Å². The molecule has 4 nitrogen and oxygen atoms in total. The van der Waals surface area contributed by atoms with Gasteiger partial charge in [-0.15, -0.1) is 0 Å². The van der Waals surface area contributed by atoms with Gasteiger partial charge in [-0.1, -0.05) is 6.92 Å². The first kappa shape index (κ1) is 17.2. The molecule has 1 aromatic carbocycles. The molecule has 0 saturated heterocycles. The Morgan fingerprint density at radius 2 is 1.95 bits per heavy atom. The van der Waals surface area contributed by atoms with Gasteiger partial charge in [0.1, 0.15) is 16.5 Å². The van der Waals surface area contributed by atoms with Crippen LogP contribution in [-0.4, -0.2) is 37.8 Å². The first-order valence-electron chi connectivity index (χ1n) is 5.97. The van der Waals surface area contributed by atoms with E-state index >= 15 is 0 Å². The summed E-state index contributed by atoms with van der Waals surface area (Å²) in [5, 5.41) is 0. The second-order valence-corrected chi connectivity index (χ2v) is 7.22. The lowest BCUT2D eigenvalue weighted by Gasteiger charge is -2.26. The van der Waals surface area contributed by atoms with Crippen LogP contribution in [0.3, 0.4) is 0 Å². The number of benzene rings is 1. The lowest BCUT2D eigenvalue weighted by atomic mass is 10.3. The molecule has 2 N–H and O–H groups in total. The number of thioether (sulfide) groups is 1. The van der Waals surface area contributed by atoms with Crippen LogP contribution in [0.1, 0.15) is 13.3 Å². The fraction of sp³-hybridized carbons (Fsp3) is 0.500. The van der Waals surface area contributed by atoms with Gasteiger partial charge >= 0.3 is 0 Å². The molecule has 0 aromatic heterocycles. The molecule has 1 atom stereocenters. The smallest absolute Gasteiger partial charge is 0.246 e. The first-order chi connectivity index (χ1) is 9.25. The van der Waals surface area contributed by atoms with E-state index in [1.54, 1.807) is 0 Å². The molecule has 0 aliphatic rings. The molecule has 1 rings (SSSR count). The summed E-state index contributed by atoms with van der Waals surface area (Å²) >= 11 is 1.50. The Balaban J connectivity index is 3.26. The quantitative estimate of drug-likeness (QED) is 0.816. The molecule has 8 heteroatoms. The van der Waals surface area contributed by atoms with E-state index in [-0.39, 0.29) is 6.04 Å². The van der Waals surface area contributed by atoms with Crippen molar-refractivity contribution in [2.75, 3.05) is 24.8 Å². The van der Waals surface area contributed by atoms with Crippen molar-refractivity contribution in [3.63, 3.8) is 0 Å². The number of nitrogens with zero attached hydrogens (tertiary/aromatic N) is 1. The maximum Gasteiger partial charge on any atom is 0.246 e. The average Bonchev–Trinajstić information content (AvgIpc) is 2.39. The van der Waals surface area contributed by atoms with Gasteiger partial charge in [-0.05, 0) is 18.7 Å². The Labute approximate surface area is 122 Å². The highest BCUT2D eigenvalue weighted by atomic mass is 32.2. The summed E-state index contributed by atoms with van der Waals surface area (Å²) in [5.41, 5.74) is 4.93. The van der Waals surface area contributed by atoms with Crippen molar-refractivity contribution in [3.05, 3.63) is 23.8 Å². The van der Waals surface area contributed by atoms with Crippen LogP contribution in [0.5, 0.6) is 0 Å². The Bertz CT molecular complexity index is 579. The summed E-state index contributed by atoms with van der Waals surface area (Å²) in [4.78, 5) is -0.599. The Kier molecular flexibility index (Phi) is 5.79. The minimum absolute atomic E-state index is 0.263. The third-order valence-corrected chi connectivity index (χ3v) is 5.70. The minimum Gasteiger partial charge on any atom is -0.396 e. The second kappa shape index (κ2) is 6.73.